The van der Waals surface area contributed by atoms with Crippen molar-refractivity contribution in [2.45, 2.75) is 37.8 Å². The Hall–Kier alpha value is -0.265. The van der Waals surface area contributed by atoms with Crippen LogP contribution in [-0.2, 0) is 4.79 Å². The molecule has 0 aromatic heterocycles. The lowest BCUT2D eigenvalue weighted by atomic mass is 9.61. The Labute approximate surface area is 57.1 Å². The fourth-order valence-corrected chi connectivity index (χ4v) is 1.60. The molecule has 1 saturated carbocycles. The first-order valence-electron chi connectivity index (χ1n) is 3.87. The zero-order valence-electron chi connectivity index (χ0n) is 5.81. The molecule has 0 heterocycles. The lowest BCUT2D eigenvalue weighted by Crippen LogP contribution is -1.98. The second-order valence-corrected chi connectivity index (χ2v) is 2.89. The molecule has 50 valence electrons. The minimum atomic E-state index is 0.782. The molecule has 0 spiro atoms. The summed E-state index contributed by atoms with van der Waals surface area (Å²) in [4.78, 5) is 9.96. The molecule has 2 heteroatoms. The van der Waals surface area contributed by atoms with E-state index in [4.69, 9.17) is 0 Å². The van der Waals surface area contributed by atoms with Gasteiger partial charge in [-0.2, -0.15) is 0 Å². The Morgan fingerprint density at radius 2 is 2.11 bits per heavy atom. The first kappa shape index (κ1) is 6.85. The van der Waals surface area contributed by atoms with Gasteiger partial charge in [-0.3, -0.25) is 0 Å². The SMILES string of the molecule is O=CCBC1CCCC1. The summed E-state index contributed by atoms with van der Waals surface area (Å²) in [7, 11) is 1.14. The predicted octanol–water partition coefficient (Wildman–Crippen LogP) is 1.40. The molecule has 1 aliphatic rings. The molecule has 0 aromatic rings. The summed E-state index contributed by atoms with van der Waals surface area (Å²) in [6.07, 6.45) is 7.34. The van der Waals surface area contributed by atoms with E-state index in [1.165, 1.54) is 25.7 Å². The van der Waals surface area contributed by atoms with Crippen LogP contribution in [0.5, 0.6) is 0 Å². The van der Waals surface area contributed by atoms with Crippen molar-refractivity contribution in [1.29, 1.82) is 0 Å². The third kappa shape index (κ3) is 2.21. The minimum Gasteiger partial charge on any atom is -0.304 e. The number of hydrogen-bond acceptors (Lipinski definition) is 1. The van der Waals surface area contributed by atoms with Gasteiger partial charge in [-0.1, -0.05) is 31.5 Å². The lowest BCUT2D eigenvalue weighted by Gasteiger charge is -2.00. The number of aldehydes is 1. The van der Waals surface area contributed by atoms with Gasteiger partial charge in [0.15, 0.2) is 0 Å². The summed E-state index contributed by atoms with van der Waals surface area (Å²) in [6, 6.07) is 0. The minimum absolute atomic E-state index is 0.782. The zero-order valence-corrected chi connectivity index (χ0v) is 5.81. The van der Waals surface area contributed by atoms with Gasteiger partial charge in [0, 0.05) is 0 Å². The second-order valence-electron chi connectivity index (χ2n) is 2.89. The molecule has 0 radical (unpaired) electrons. The fourth-order valence-electron chi connectivity index (χ4n) is 1.60. The van der Waals surface area contributed by atoms with Crippen LogP contribution >= 0.6 is 0 Å². The van der Waals surface area contributed by atoms with Crippen LogP contribution in [0.4, 0.5) is 0 Å². The molecule has 0 aliphatic heterocycles. The van der Waals surface area contributed by atoms with Gasteiger partial charge in [-0.15, -0.1) is 0 Å². The first-order chi connectivity index (χ1) is 4.43. The summed E-state index contributed by atoms with van der Waals surface area (Å²) in [5.41, 5.74) is 0. The summed E-state index contributed by atoms with van der Waals surface area (Å²) in [5, 5.41) is 0. The van der Waals surface area contributed by atoms with Crippen molar-refractivity contribution in [2.75, 3.05) is 0 Å². The molecule has 0 unspecified atom stereocenters. The summed E-state index contributed by atoms with van der Waals surface area (Å²) < 4.78 is 0. The Morgan fingerprint density at radius 3 is 2.67 bits per heavy atom. The summed E-state index contributed by atoms with van der Waals surface area (Å²) in [6.45, 7) is 0. The molecule has 0 aromatic carbocycles. The number of carbonyl (C=O) groups excluding carboxylic acids is 1. The van der Waals surface area contributed by atoms with Gasteiger partial charge >= 0.3 is 0 Å². The van der Waals surface area contributed by atoms with Crippen LogP contribution in [0.1, 0.15) is 25.7 Å². The standard InChI is InChI=1S/C7H13BO/c9-6-5-8-7-3-1-2-4-7/h6-8H,1-5H2. The molecule has 0 atom stereocenters. The maximum atomic E-state index is 9.96. The van der Waals surface area contributed by atoms with Crippen LogP contribution in [0, 0.1) is 0 Å². The van der Waals surface area contributed by atoms with Gasteiger partial charge in [0.25, 0.3) is 0 Å². The Balaban J connectivity index is 2.04. The van der Waals surface area contributed by atoms with Crippen LogP contribution in [0.2, 0.25) is 12.1 Å². The lowest BCUT2D eigenvalue weighted by molar-refractivity contribution is -0.106. The highest BCUT2D eigenvalue weighted by atomic mass is 16.1. The number of rotatable bonds is 3. The van der Waals surface area contributed by atoms with Crippen molar-refractivity contribution in [3.8, 4) is 0 Å². The summed E-state index contributed by atoms with van der Waals surface area (Å²) in [5.74, 6) is 0.884. The monoisotopic (exact) mass is 124 g/mol. The van der Waals surface area contributed by atoms with E-state index >= 15 is 0 Å². The third-order valence-corrected chi connectivity index (χ3v) is 2.17. The molecular formula is C7H13BO. The highest BCUT2D eigenvalue weighted by Gasteiger charge is 2.14. The van der Waals surface area contributed by atoms with Crippen LogP contribution in [0.25, 0.3) is 0 Å². The molecule has 1 nitrogen and oxygen atoms in total. The average molecular weight is 124 g/mol. The van der Waals surface area contributed by atoms with Gasteiger partial charge < -0.3 is 4.79 Å². The van der Waals surface area contributed by atoms with Gasteiger partial charge in [0.05, 0.1) is 0 Å². The first-order valence-corrected chi connectivity index (χ1v) is 3.87. The van der Waals surface area contributed by atoms with E-state index in [0.717, 1.165) is 25.7 Å². The maximum Gasteiger partial charge on any atom is 0.132 e. The summed E-state index contributed by atoms with van der Waals surface area (Å²) >= 11 is 0. The molecule has 1 fully saturated rings. The Morgan fingerprint density at radius 1 is 1.44 bits per heavy atom. The quantitative estimate of drug-likeness (QED) is 0.410. The van der Waals surface area contributed by atoms with Crippen LogP contribution < -0.4 is 0 Å². The van der Waals surface area contributed by atoms with E-state index in [1.807, 2.05) is 0 Å². The second kappa shape index (κ2) is 3.70. The van der Waals surface area contributed by atoms with Crippen molar-refractivity contribution in [1.82, 2.24) is 0 Å². The van der Waals surface area contributed by atoms with Gasteiger partial charge in [-0.05, 0) is 6.32 Å². The average Bonchev–Trinajstić information content (AvgIpc) is 2.34. The number of carbonyl (C=O) groups is 1. The van der Waals surface area contributed by atoms with E-state index < -0.39 is 0 Å². The van der Waals surface area contributed by atoms with Crippen molar-refractivity contribution in [3.05, 3.63) is 0 Å². The smallest absolute Gasteiger partial charge is 0.132 e. The zero-order chi connectivity index (χ0) is 6.53. The maximum absolute atomic E-state index is 9.96. The normalized spacial score (nSPS) is 20.0. The Bertz CT molecular complexity index is 86.9. The molecular weight excluding hydrogens is 111 g/mol. The van der Waals surface area contributed by atoms with Gasteiger partial charge in [-0.25, -0.2) is 0 Å². The van der Waals surface area contributed by atoms with E-state index in [2.05, 4.69) is 0 Å². The van der Waals surface area contributed by atoms with Crippen molar-refractivity contribution in [2.24, 2.45) is 0 Å². The van der Waals surface area contributed by atoms with Gasteiger partial charge in [0.2, 0.25) is 0 Å². The molecule has 0 amide bonds. The van der Waals surface area contributed by atoms with Crippen molar-refractivity contribution in [3.63, 3.8) is 0 Å². The molecule has 0 bridgehead atoms. The number of hydrogen-bond donors (Lipinski definition) is 0. The van der Waals surface area contributed by atoms with E-state index in [9.17, 15) is 4.79 Å². The highest BCUT2D eigenvalue weighted by molar-refractivity contribution is 6.41. The topological polar surface area (TPSA) is 17.1 Å². The van der Waals surface area contributed by atoms with E-state index in [-0.39, 0.29) is 0 Å². The van der Waals surface area contributed by atoms with Crippen molar-refractivity contribution >= 4 is 13.6 Å². The van der Waals surface area contributed by atoms with Crippen LogP contribution in [-0.4, -0.2) is 13.6 Å². The molecule has 9 heavy (non-hydrogen) atoms. The van der Waals surface area contributed by atoms with E-state index in [1.54, 1.807) is 0 Å². The highest BCUT2D eigenvalue weighted by Crippen LogP contribution is 2.29. The van der Waals surface area contributed by atoms with Gasteiger partial charge in [0.1, 0.15) is 13.6 Å². The third-order valence-electron chi connectivity index (χ3n) is 2.17. The molecule has 0 saturated heterocycles. The van der Waals surface area contributed by atoms with E-state index in [0.29, 0.717) is 0 Å². The fraction of sp³-hybridized carbons (Fsp3) is 0.857. The van der Waals surface area contributed by atoms with Crippen LogP contribution in [0.15, 0.2) is 0 Å². The molecule has 1 aliphatic carbocycles. The van der Waals surface area contributed by atoms with Crippen molar-refractivity contribution < 1.29 is 4.79 Å². The predicted molar refractivity (Wildman–Crippen MR) is 40.2 cm³/mol. The largest absolute Gasteiger partial charge is 0.304 e. The Kier molecular flexibility index (Phi) is 2.82. The molecule has 1 rings (SSSR count). The van der Waals surface area contributed by atoms with Crippen LogP contribution in [0.3, 0.4) is 0 Å². The molecule has 0 N–H and O–H groups in total.